The van der Waals surface area contributed by atoms with Crippen molar-refractivity contribution in [2.24, 2.45) is 0 Å². The summed E-state index contributed by atoms with van der Waals surface area (Å²) < 4.78 is 7.07. The van der Waals surface area contributed by atoms with Crippen molar-refractivity contribution in [2.75, 3.05) is 6.61 Å². The molecule has 2 aromatic rings. The Morgan fingerprint density at radius 1 is 1.28 bits per heavy atom. The third kappa shape index (κ3) is 4.04. The summed E-state index contributed by atoms with van der Waals surface area (Å²) >= 11 is 0. The number of rotatable bonds is 5. The number of ether oxygens (including phenoxy) is 1. The zero-order chi connectivity index (χ0) is 17.6. The minimum atomic E-state index is -1.27. The molecule has 3 rings (SSSR count). The number of aryl methyl sites for hydroxylation is 1. The number of aromatic nitrogens is 3. The lowest BCUT2D eigenvalue weighted by Crippen LogP contribution is -2.28. The Kier molecular flexibility index (Phi) is 5.09. The Labute approximate surface area is 145 Å². The monoisotopic (exact) mass is 337 g/mol. The van der Waals surface area contributed by atoms with Gasteiger partial charge in [-0.25, -0.2) is 0 Å². The quantitative estimate of drug-likeness (QED) is 0.759. The van der Waals surface area contributed by atoms with Gasteiger partial charge in [-0.15, -0.1) is 10.2 Å². The molecular weight excluding hydrogens is 320 g/mol. The van der Waals surface area contributed by atoms with Crippen LogP contribution in [0.1, 0.15) is 36.5 Å². The maximum Gasteiger partial charge on any atom is 0.174 e. The number of fused-ring (bicyclic) bond motifs is 1. The van der Waals surface area contributed by atoms with Crippen LogP contribution in [0.25, 0.3) is 11.6 Å². The van der Waals surface area contributed by atoms with Crippen LogP contribution in [0.5, 0.6) is 5.75 Å². The van der Waals surface area contributed by atoms with Crippen molar-refractivity contribution in [1.82, 2.24) is 14.8 Å². The van der Waals surface area contributed by atoms with Crippen LogP contribution in [-0.4, -0.2) is 27.3 Å². The maximum atomic E-state index is 10.4. The third-order valence-corrected chi connectivity index (χ3v) is 4.02. The molecular formula is C18H17N4O3-. The van der Waals surface area contributed by atoms with Crippen LogP contribution < -0.4 is 9.84 Å². The normalized spacial score (nSPS) is 14.3. The van der Waals surface area contributed by atoms with E-state index in [1.165, 1.54) is 0 Å². The predicted molar refractivity (Wildman–Crippen MR) is 88.0 cm³/mol. The fourth-order valence-electron chi connectivity index (χ4n) is 2.80. The second-order valence-electron chi connectivity index (χ2n) is 5.80. The Morgan fingerprint density at radius 2 is 2.08 bits per heavy atom. The number of allylic oxidation sites excluding steroid dienone is 1. The van der Waals surface area contributed by atoms with E-state index < -0.39 is 12.6 Å². The molecule has 0 bridgehead atoms. The Balaban J connectivity index is 1.83. The molecule has 0 atom stereocenters. The molecule has 1 aliphatic heterocycles. The number of aliphatic carboxylic acids is 1. The van der Waals surface area contributed by atoms with Crippen molar-refractivity contribution in [1.29, 1.82) is 5.26 Å². The minimum Gasteiger partial charge on any atom is -0.546 e. The number of nitriles is 1. The lowest BCUT2D eigenvalue weighted by Gasteiger charge is -2.07. The van der Waals surface area contributed by atoms with Crippen LogP contribution in [0, 0.1) is 11.3 Å². The van der Waals surface area contributed by atoms with Gasteiger partial charge in [0.2, 0.25) is 0 Å². The number of hydrogen-bond acceptors (Lipinski definition) is 6. The number of benzene rings is 1. The first-order valence-corrected chi connectivity index (χ1v) is 8.14. The largest absolute Gasteiger partial charge is 0.546 e. The molecule has 2 heterocycles. The molecule has 7 heteroatoms. The average molecular weight is 337 g/mol. The van der Waals surface area contributed by atoms with Crippen molar-refractivity contribution in [3.05, 3.63) is 41.5 Å². The molecule has 0 saturated heterocycles. The molecule has 0 radical (unpaired) electrons. The van der Waals surface area contributed by atoms with Crippen LogP contribution in [0.15, 0.2) is 24.3 Å². The zero-order valence-corrected chi connectivity index (χ0v) is 13.6. The van der Waals surface area contributed by atoms with Crippen LogP contribution in [0.4, 0.5) is 0 Å². The standard InChI is InChI=1S/C18H18N4O3/c19-11-14(18-21-20-16-4-2-1-3-9-22(16)18)10-13-5-7-15(8-6-13)25-12-17(23)24/h5-8,10H,1-4,9,12H2,(H,23,24)/p-1/b14-10+. The van der Waals surface area contributed by atoms with Crippen LogP contribution >= 0.6 is 0 Å². The number of carboxylic acids is 1. The topological polar surface area (TPSA) is 104 Å². The van der Waals surface area contributed by atoms with E-state index >= 15 is 0 Å². The highest BCUT2D eigenvalue weighted by molar-refractivity contribution is 5.87. The SMILES string of the molecule is N#C/C(=C\c1ccc(OCC(=O)[O-])cc1)c1nnc2n1CCCCC2. The molecule has 7 nitrogen and oxygen atoms in total. The van der Waals surface area contributed by atoms with Gasteiger partial charge in [0, 0.05) is 13.0 Å². The van der Waals surface area contributed by atoms with E-state index in [1.807, 2.05) is 4.57 Å². The molecule has 0 spiro atoms. The first-order chi connectivity index (χ1) is 12.2. The van der Waals surface area contributed by atoms with Crippen molar-refractivity contribution < 1.29 is 14.6 Å². The summed E-state index contributed by atoms with van der Waals surface area (Å²) in [4.78, 5) is 10.4. The second-order valence-corrected chi connectivity index (χ2v) is 5.80. The van der Waals surface area contributed by atoms with Crippen molar-refractivity contribution in [3.8, 4) is 11.8 Å². The fraction of sp³-hybridized carbons (Fsp3) is 0.333. The molecule has 1 aliphatic rings. The highest BCUT2D eigenvalue weighted by atomic mass is 16.5. The third-order valence-electron chi connectivity index (χ3n) is 4.02. The number of nitrogens with zero attached hydrogens (tertiary/aromatic N) is 4. The van der Waals surface area contributed by atoms with Gasteiger partial charge in [-0.05, 0) is 36.6 Å². The lowest BCUT2D eigenvalue weighted by atomic mass is 10.1. The molecule has 0 saturated carbocycles. The molecule has 1 aromatic carbocycles. The fourth-order valence-corrected chi connectivity index (χ4v) is 2.80. The predicted octanol–water partition coefficient (Wildman–Crippen LogP) is 1.20. The van der Waals surface area contributed by atoms with Crippen molar-refractivity contribution >= 4 is 17.6 Å². The van der Waals surface area contributed by atoms with E-state index in [9.17, 15) is 15.2 Å². The number of carbonyl (C=O) groups is 1. The maximum absolute atomic E-state index is 10.4. The van der Waals surface area contributed by atoms with E-state index in [4.69, 9.17) is 4.74 Å². The van der Waals surface area contributed by atoms with Gasteiger partial charge < -0.3 is 19.2 Å². The van der Waals surface area contributed by atoms with Gasteiger partial charge in [-0.3, -0.25) is 0 Å². The van der Waals surface area contributed by atoms with Gasteiger partial charge in [0.15, 0.2) is 5.82 Å². The van der Waals surface area contributed by atoms with Crippen LogP contribution in [0.3, 0.4) is 0 Å². The van der Waals surface area contributed by atoms with Gasteiger partial charge in [0.25, 0.3) is 0 Å². The Bertz CT molecular complexity index is 831. The smallest absolute Gasteiger partial charge is 0.174 e. The van der Waals surface area contributed by atoms with Gasteiger partial charge in [0.1, 0.15) is 24.3 Å². The van der Waals surface area contributed by atoms with E-state index in [1.54, 1.807) is 30.3 Å². The van der Waals surface area contributed by atoms with E-state index in [2.05, 4.69) is 16.3 Å². The molecule has 0 unspecified atom stereocenters. The minimum absolute atomic E-state index is 0.427. The van der Waals surface area contributed by atoms with Gasteiger partial charge in [-0.2, -0.15) is 5.26 Å². The molecule has 0 N–H and O–H groups in total. The number of carbonyl (C=O) groups excluding carboxylic acids is 1. The van der Waals surface area contributed by atoms with E-state index in [-0.39, 0.29) is 0 Å². The highest BCUT2D eigenvalue weighted by Gasteiger charge is 2.17. The van der Waals surface area contributed by atoms with E-state index in [0.29, 0.717) is 17.1 Å². The summed E-state index contributed by atoms with van der Waals surface area (Å²) in [5.41, 5.74) is 1.24. The van der Waals surface area contributed by atoms with Crippen molar-refractivity contribution in [3.63, 3.8) is 0 Å². The summed E-state index contributed by atoms with van der Waals surface area (Å²) in [6, 6.07) is 9.00. The van der Waals surface area contributed by atoms with Crippen LogP contribution in [0.2, 0.25) is 0 Å². The Morgan fingerprint density at radius 3 is 2.80 bits per heavy atom. The van der Waals surface area contributed by atoms with Gasteiger partial charge in [-0.1, -0.05) is 18.6 Å². The van der Waals surface area contributed by atoms with Crippen molar-refractivity contribution in [2.45, 2.75) is 32.2 Å². The van der Waals surface area contributed by atoms with Gasteiger partial charge in [0.05, 0.1) is 11.5 Å². The summed E-state index contributed by atoms with van der Waals surface area (Å²) in [6.07, 6.45) is 5.93. The summed E-state index contributed by atoms with van der Waals surface area (Å²) in [5, 5.41) is 28.4. The first kappa shape index (κ1) is 16.7. The lowest BCUT2D eigenvalue weighted by molar-refractivity contribution is -0.307. The molecule has 1 aromatic heterocycles. The Hall–Kier alpha value is -3.14. The van der Waals surface area contributed by atoms with Gasteiger partial charge >= 0.3 is 0 Å². The first-order valence-electron chi connectivity index (χ1n) is 8.14. The molecule has 0 aliphatic carbocycles. The summed E-state index contributed by atoms with van der Waals surface area (Å²) in [7, 11) is 0. The highest BCUT2D eigenvalue weighted by Crippen LogP contribution is 2.22. The number of carboxylic acid groups (broad SMARTS) is 1. The molecule has 0 fully saturated rings. The number of hydrogen-bond donors (Lipinski definition) is 0. The molecule has 0 amide bonds. The van der Waals surface area contributed by atoms with E-state index in [0.717, 1.165) is 43.6 Å². The second kappa shape index (κ2) is 7.62. The molecule has 128 valence electrons. The molecule has 25 heavy (non-hydrogen) atoms. The average Bonchev–Trinajstić information content (AvgIpc) is 2.86. The van der Waals surface area contributed by atoms with Crippen LogP contribution in [-0.2, 0) is 17.8 Å². The summed E-state index contributed by atoms with van der Waals surface area (Å²) in [5.74, 6) is 0.677. The zero-order valence-electron chi connectivity index (χ0n) is 13.6. The summed E-state index contributed by atoms with van der Waals surface area (Å²) in [6.45, 7) is 0.331.